The van der Waals surface area contributed by atoms with Crippen molar-refractivity contribution in [2.45, 2.75) is 12.2 Å². The van der Waals surface area contributed by atoms with Crippen LogP contribution < -0.4 is 0 Å². The van der Waals surface area contributed by atoms with E-state index in [9.17, 15) is 9.59 Å². The summed E-state index contributed by atoms with van der Waals surface area (Å²) < 4.78 is 4.51. The maximum atomic E-state index is 11.9. The Morgan fingerprint density at radius 1 is 1.31 bits per heavy atom. The Balaban J connectivity index is 2.52. The summed E-state index contributed by atoms with van der Waals surface area (Å²) in [5, 5.41) is -0.235. The molecule has 0 radical (unpaired) electrons. The molecular weight excluding hydrogens is 224 g/mol. The standard InChI is InChI=1S/C12H14O3S/c1-9(16-8-11(13)15-2)12(14)10-6-4-3-5-7-10/h3-7,9H,8H2,1-2H3. The molecule has 0 spiro atoms. The van der Waals surface area contributed by atoms with Gasteiger partial charge in [0.15, 0.2) is 5.78 Å². The Bertz CT molecular complexity index is 362. The second-order valence-corrected chi connectivity index (χ2v) is 4.59. The third kappa shape index (κ3) is 3.70. The van der Waals surface area contributed by atoms with Crippen molar-refractivity contribution in [3.8, 4) is 0 Å². The van der Waals surface area contributed by atoms with E-state index >= 15 is 0 Å². The average molecular weight is 238 g/mol. The molecule has 1 unspecified atom stereocenters. The molecule has 1 aromatic rings. The second kappa shape index (κ2) is 6.33. The molecule has 0 saturated carbocycles. The van der Waals surface area contributed by atoms with Crippen molar-refractivity contribution in [3.05, 3.63) is 35.9 Å². The maximum absolute atomic E-state index is 11.9. The van der Waals surface area contributed by atoms with Gasteiger partial charge in [-0.1, -0.05) is 30.3 Å². The number of benzene rings is 1. The molecule has 0 fully saturated rings. The lowest BCUT2D eigenvalue weighted by atomic mass is 10.1. The van der Waals surface area contributed by atoms with Gasteiger partial charge in [0.1, 0.15) is 0 Å². The molecule has 16 heavy (non-hydrogen) atoms. The van der Waals surface area contributed by atoms with E-state index in [2.05, 4.69) is 4.74 Å². The van der Waals surface area contributed by atoms with E-state index in [4.69, 9.17) is 0 Å². The number of hydrogen-bond acceptors (Lipinski definition) is 4. The highest BCUT2D eigenvalue weighted by atomic mass is 32.2. The highest BCUT2D eigenvalue weighted by Gasteiger charge is 2.16. The minimum atomic E-state index is -0.308. The highest BCUT2D eigenvalue weighted by Crippen LogP contribution is 2.16. The second-order valence-electron chi connectivity index (χ2n) is 3.26. The Kier molecular flexibility index (Phi) is 5.05. The van der Waals surface area contributed by atoms with Gasteiger partial charge in [0.25, 0.3) is 0 Å². The van der Waals surface area contributed by atoms with Crippen LogP contribution in [0.3, 0.4) is 0 Å². The summed E-state index contributed by atoms with van der Waals surface area (Å²) in [6.45, 7) is 1.79. The first-order valence-electron chi connectivity index (χ1n) is 4.93. The van der Waals surface area contributed by atoms with E-state index < -0.39 is 0 Å². The SMILES string of the molecule is COC(=O)CSC(C)C(=O)c1ccccc1. The van der Waals surface area contributed by atoms with E-state index in [-0.39, 0.29) is 22.8 Å². The van der Waals surface area contributed by atoms with Crippen molar-refractivity contribution in [1.29, 1.82) is 0 Å². The Morgan fingerprint density at radius 2 is 1.94 bits per heavy atom. The molecule has 0 amide bonds. The number of rotatable bonds is 5. The van der Waals surface area contributed by atoms with E-state index in [1.165, 1.54) is 18.9 Å². The zero-order chi connectivity index (χ0) is 12.0. The summed E-state index contributed by atoms with van der Waals surface area (Å²) in [6.07, 6.45) is 0. The smallest absolute Gasteiger partial charge is 0.315 e. The van der Waals surface area contributed by atoms with Crippen LogP contribution in [0.25, 0.3) is 0 Å². The van der Waals surface area contributed by atoms with Crippen LogP contribution >= 0.6 is 11.8 Å². The van der Waals surface area contributed by atoms with E-state index in [0.29, 0.717) is 5.56 Å². The van der Waals surface area contributed by atoms with Crippen LogP contribution in [-0.4, -0.2) is 29.9 Å². The Morgan fingerprint density at radius 3 is 2.50 bits per heavy atom. The van der Waals surface area contributed by atoms with E-state index in [0.717, 1.165) is 0 Å². The first-order valence-corrected chi connectivity index (χ1v) is 5.97. The number of carbonyl (C=O) groups is 2. The van der Waals surface area contributed by atoms with Crippen LogP contribution in [0.5, 0.6) is 0 Å². The number of esters is 1. The molecule has 4 heteroatoms. The van der Waals surface area contributed by atoms with Crippen molar-refractivity contribution in [3.63, 3.8) is 0 Å². The van der Waals surface area contributed by atoms with Crippen LogP contribution in [0.2, 0.25) is 0 Å². The topological polar surface area (TPSA) is 43.4 Å². The van der Waals surface area contributed by atoms with Gasteiger partial charge >= 0.3 is 5.97 Å². The van der Waals surface area contributed by atoms with Gasteiger partial charge in [0, 0.05) is 5.56 Å². The largest absolute Gasteiger partial charge is 0.468 e. The van der Waals surface area contributed by atoms with Crippen LogP contribution in [0.4, 0.5) is 0 Å². The van der Waals surface area contributed by atoms with Crippen LogP contribution in [0.15, 0.2) is 30.3 Å². The normalized spacial score (nSPS) is 11.9. The lowest BCUT2D eigenvalue weighted by Crippen LogP contribution is -2.16. The van der Waals surface area contributed by atoms with Crippen molar-refractivity contribution in [2.75, 3.05) is 12.9 Å². The van der Waals surface area contributed by atoms with E-state index in [1.807, 2.05) is 18.2 Å². The zero-order valence-electron chi connectivity index (χ0n) is 9.30. The minimum Gasteiger partial charge on any atom is -0.468 e. The molecule has 1 rings (SSSR count). The predicted molar refractivity (Wildman–Crippen MR) is 64.7 cm³/mol. The van der Waals surface area contributed by atoms with Gasteiger partial charge in [0.05, 0.1) is 18.1 Å². The average Bonchev–Trinajstić information content (AvgIpc) is 2.35. The summed E-state index contributed by atoms with van der Waals surface area (Å²) in [5.41, 5.74) is 0.673. The maximum Gasteiger partial charge on any atom is 0.315 e. The number of hydrogen-bond donors (Lipinski definition) is 0. The molecule has 0 saturated heterocycles. The molecule has 1 aromatic carbocycles. The molecule has 0 bridgehead atoms. The van der Waals surface area contributed by atoms with Crippen LogP contribution in [-0.2, 0) is 9.53 Å². The third-order valence-electron chi connectivity index (χ3n) is 2.11. The lowest BCUT2D eigenvalue weighted by Gasteiger charge is -2.09. The first-order chi connectivity index (χ1) is 7.65. The van der Waals surface area contributed by atoms with Gasteiger partial charge in [-0.2, -0.15) is 0 Å². The predicted octanol–water partition coefficient (Wildman–Crippen LogP) is 2.16. The fourth-order valence-electron chi connectivity index (χ4n) is 1.16. The first kappa shape index (κ1) is 12.8. The van der Waals surface area contributed by atoms with Crippen molar-refractivity contribution in [1.82, 2.24) is 0 Å². The Hall–Kier alpha value is -1.29. The number of Topliss-reactive ketones (excluding diaryl/α,β-unsaturated/α-hetero) is 1. The summed E-state index contributed by atoms with van der Waals surface area (Å²) in [7, 11) is 1.34. The van der Waals surface area contributed by atoms with Crippen LogP contribution in [0, 0.1) is 0 Å². The Labute approximate surface area is 99.2 Å². The number of ether oxygens (including phenoxy) is 1. The van der Waals surface area contributed by atoms with Gasteiger partial charge in [0.2, 0.25) is 0 Å². The molecule has 3 nitrogen and oxygen atoms in total. The summed E-state index contributed by atoms with van der Waals surface area (Å²) in [5.74, 6) is -0.0665. The lowest BCUT2D eigenvalue weighted by molar-refractivity contribution is -0.137. The van der Waals surface area contributed by atoms with Crippen molar-refractivity contribution < 1.29 is 14.3 Å². The fourth-order valence-corrected chi connectivity index (χ4v) is 1.96. The van der Waals surface area contributed by atoms with Gasteiger partial charge in [-0.15, -0.1) is 11.8 Å². The fraction of sp³-hybridized carbons (Fsp3) is 0.333. The molecule has 0 aromatic heterocycles. The summed E-state index contributed by atoms with van der Waals surface area (Å²) in [4.78, 5) is 22.8. The number of thioether (sulfide) groups is 1. The molecule has 1 atom stereocenters. The number of carbonyl (C=O) groups excluding carboxylic acids is 2. The molecule has 86 valence electrons. The van der Waals surface area contributed by atoms with Crippen LogP contribution in [0.1, 0.15) is 17.3 Å². The molecule has 0 heterocycles. The molecule has 0 N–H and O–H groups in total. The van der Waals surface area contributed by atoms with Gasteiger partial charge in [-0.05, 0) is 6.92 Å². The van der Waals surface area contributed by atoms with Gasteiger partial charge in [-0.25, -0.2) is 0 Å². The molecule has 0 aliphatic carbocycles. The summed E-state index contributed by atoms with van der Waals surface area (Å²) in [6, 6.07) is 9.06. The molecule has 0 aliphatic heterocycles. The quantitative estimate of drug-likeness (QED) is 0.582. The third-order valence-corrected chi connectivity index (χ3v) is 3.22. The number of methoxy groups -OCH3 is 1. The van der Waals surface area contributed by atoms with Crippen molar-refractivity contribution >= 4 is 23.5 Å². The number of ketones is 1. The minimum absolute atomic E-state index is 0.0366. The van der Waals surface area contributed by atoms with Gasteiger partial charge < -0.3 is 4.74 Å². The highest BCUT2D eigenvalue weighted by molar-refractivity contribution is 8.01. The molecule has 0 aliphatic rings. The van der Waals surface area contributed by atoms with E-state index in [1.54, 1.807) is 19.1 Å². The monoisotopic (exact) mass is 238 g/mol. The molecular formula is C12H14O3S. The van der Waals surface area contributed by atoms with Crippen molar-refractivity contribution in [2.24, 2.45) is 0 Å². The van der Waals surface area contributed by atoms with Gasteiger partial charge in [-0.3, -0.25) is 9.59 Å². The zero-order valence-corrected chi connectivity index (χ0v) is 10.1. The summed E-state index contributed by atoms with van der Waals surface area (Å²) >= 11 is 1.29.